The van der Waals surface area contributed by atoms with Crippen LogP contribution in [0.5, 0.6) is 0 Å². The van der Waals surface area contributed by atoms with Gasteiger partial charge in [-0.25, -0.2) is 24.4 Å². The Hall–Kier alpha value is -4.43. The van der Waals surface area contributed by atoms with E-state index in [0.29, 0.717) is 28.0 Å². The Bertz CT molecular complexity index is 1720. The van der Waals surface area contributed by atoms with Gasteiger partial charge in [0.25, 0.3) is 0 Å². The van der Waals surface area contributed by atoms with Crippen LogP contribution in [0.15, 0.2) is 53.1 Å². The van der Waals surface area contributed by atoms with Crippen LogP contribution in [0.2, 0.25) is 0 Å². The van der Waals surface area contributed by atoms with E-state index in [4.69, 9.17) is 19.4 Å². The molecule has 224 valence electrons. The van der Waals surface area contributed by atoms with Gasteiger partial charge >= 0.3 is 12.2 Å². The minimum Gasteiger partial charge on any atom is -0.443 e. The maximum Gasteiger partial charge on any atom is 0.421 e. The summed E-state index contributed by atoms with van der Waals surface area (Å²) in [5.74, 6) is 0.200. The van der Waals surface area contributed by atoms with Crippen LogP contribution in [0.25, 0.3) is 11.0 Å². The second-order valence-corrected chi connectivity index (χ2v) is 13.1. The predicted octanol–water partition coefficient (Wildman–Crippen LogP) is 8.37. The highest BCUT2D eigenvalue weighted by atomic mass is 79.9. The Morgan fingerprint density at radius 2 is 1.42 bits per heavy atom. The average Bonchev–Trinajstić information content (AvgIpc) is 3.24. The zero-order valence-electron chi connectivity index (χ0n) is 25.8. The van der Waals surface area contributed by atoms with Crippen LogP contribution in [0, 0.1) is 25.2 Å². The van der Waals surface area contributed by atoms with Crippen LogP contribution >= 0.6 is 15.9 Å². The zero-order valence-corrected chi connectivity index (χ0v) is 27.4. The zero-order chi connectivity index (χ0) is 31.9. The monoisotopic (exact) mass is 646 g/mol. The first-order valence-corrected chi connectivity index (χ1v) is 14.4. The van der Waals surface area contributed by atoms with Gasteiger partial charge < -0.3 is 14.0 Å². The first-order chi connectivity index (χ1) is 20.0. The molecule has 0 saturated heterocycles. The van der Waals surface area contributed by atoms with Crippen molar-refractivity contribution in [1.29, 1.82) is 5.26 Å². The number of carbonyl (C=O) groups is 2. The Morgan fingerprint density at radius 1 is 0.884 bits per heavy atom. The van der Waals surface area contributed by atoms with Gasteiger partial charge in [-0.3, -0.25) is 0 Å². The van der Waals surface area contributed by atoms with Crippen LogP contribution in [-0.2, 0) is 16.5 Å². The highest BCUT2D eigenvalue weighted by Crippen LogP contribution is 2.39. The van der Waals surface area contributed by atoms with E-state index in [0.717, 1.165) is 15.6 Å². The van der Waals surface area contributed by atoms with E-state index in [-0.39, 0.29) is 11.8 Å². The lowest BCUT2D eigenvalue weighted by molar-refractivity contribution is 0.0589. The molecular formula is C32H35BrN6O4. The Balaban J connectivity index is 2.05. The van der Waals surface area contributed by atoms with E-state index in [2.05, 4.69) is 22.0 Å². The summed E-state index contributed by atoms with van der Waals surface area (Å²) in [7, 11) is 1.83. The molecule has 4 aromatic rings. The molecule has 0 saturated carbocycles. The first-order valence-electron chi connectivity index (χ1n) is 13.7. The molecule has 0 spiro atoms. The van der Waals surface area contributed by atoms with Crippen LogP contribution in [0.4, 0.5) is 32.7 Å². The lowest BCUT2D eigenvalue weighted by Crippen LogP contribution is -2.37. The van der Waals surface area contributed by atoms with Gasteiger partial charge in [0.1, 0.15) is 16.7 Å². The molecule has 11 heteroatoms. The number of amides is 2. The second-order valence-electron chi connectivity index (χ2n) is 12.2. The number of halogens is 1. The fourth-order valence-corrected chi connectivity index (χ4v) is 5.24. The molecule has 2 heterocycles. The van der Waals surface area contributed by atoms with Crippen molar-refractivity contribution in [1.82, 2.24) is 14.5 Å². The van der Waals surface area contributed by atoms with Gasteiger partial charge in [-0.15, -0.1) is 0 Å². The molecule has 0 radical (unpaired) electrons. The molecule has 0 bridgehead atoms. The Kier molecular flexibility index (Phi) is 8.56. The molecule has 43 heavy (non-hydrogen) atoms. The molecule has 0 fully saturated rings. The number of hydrogen-bond donors (Lipinski definition) is 0. The molecule has 0 unspecified atom stereocenters. The summed E-state index contributed by atoms with van der Waals surface area (Å²) in [6.07, 6.45) is 0.439. The first kappa shape index (κ1) is 31.5. The Labute approximate surface area is 260 Å². The quantitative estimate of drug-likeness (QED) is 0.219. The topological polar surface area (TPSA) is 114 Å². The number of hydrogen-bond acceptors (Lipinski definition) is 7. The summed E-state index contributed by atoms with van der Waals surface area (Å²) in [6, 6.07) is 14.1. The molecule has 2 amide bonds. The lowest BCUT2D eigenvalue weighted by atomic mass is 10.1. The van der Waals surface area contributed by atoms with Crippen molar-refractivity contribution >= 4 is 62.3 Å². The smallest absolute Gasteiger partial charge is 0.421 e. The third kappa shape index (κ3) is 6.97. The fourth-order valence-electron chi connectivity index (χ4n) is 4.56. The normalized spacial score (nSPS) is 11.7. The van der Waals surface area contributed by atoms with E-state index >= 15 is 0 Å². The minimum absolute atomic E-state index is 0.0198. The van der Waals surface area contributed by atoms with Crippen molar-refractivity contribution in [2.45, 2.75) is 66.6 Å². The number of anilines is 4. The highest BCUT2D eigenvalue weighted by molar-refractivity contribution is 9.10. The van der Waals surface area contributed by atoms with Crippen molar-refractivity contribution < 1.29 is 19.1 Å². The number of aryl methyl sites for hydroxylation is 3. The molecule has 0 aliphatic carbocycles. The summed E-state index contributed by atoms with van der Waals surface area (Å²) in [5.41, 5.74) is 2.42. The number of carbonyl (C=O) groups excluding carboxylic acids is 2. The van der Waals surface area contributed by atoms with Crippen molar-refractivity contribution in [2.75, 3.05) is 9.80 Å². The fraction of sp³-hybridized carbons (Fsp3) is 0.344. The highest BCUT2D eigenvalue weighted by Gasteiger charge is 2.34. The third-order valence-corrected chi connectivity index (χ3v) is 6.65. The third-order valence-electron chi connectivity index (χ3n) is 6.19. The average molecular weight is 648 g/mol. The van der Waals surface area contributed by atoms with Crippen molar-refractivity contribution in [2.24, 2.45) is 7.05 Å². The molecule has 2 aromatic heterocycles. The maximum absolute atomic E-state index is 14.1. The molecule has 0 aliphatic heterocycles. The number of nitriles is 1. The van der Waals surface area contributed by atoms with Gasteiger partial charge in [-0.05, 0) is 109 Å². The maximum atomic E-state index is 14.1. The van der Waals surface area contributed by atoms with Gasteiger partial charge in [-0.2, -0.15) is 10.2 Å². The molecule has 10 nitrogen and oxygen atoms in total. The molecule has 2 aromatic carbocycles. The SMILES string of the molecule is Cc1cc(Br)cc(C)c1N(C(=O)OC(C)(C)C)c1nc(N(C(=O)OC(C)(C)C)c2ccc(C#N)cc2)nc2ccn(C)c12. The molecule has 0 atom stereocenters. The summed E-state index contributed by atoms with van der Waals surface area (Å²) in [4.78, 5) is 40.1. The number of aromatic nitrogens is 3. The van der Waals surface area contributed by atoms with E-state index in [1.807, 2.05) is 37.6 Å². The van der Waals surface area contributed by atoms with E-state index in [1.165, 1.54) is 9.80 Å². The lowest BCUT2D eigenvalue weighted by Gasteiger charge is -2.30. The summed E-state index contributed by atoms with van der Waals surface area (Å²) in [5, 5.41) is 9.33. The minimum atomic E-state index is -0.824. The largest absolute Gasteiger partial charge is 0.443 e. The van der Waals surface area contributed by atoms with E-state index < -0.39 is 23.4 Å². The molecule has 4 rings (SSSR count). The predicted molar refractivity (Wildman–Crippen MR) is 170 cm³/mol. The van der Waals surface area contributed by atoms with Crippen LogP contribution in [0.1, 0.15) is 58.2 Å². The van der Waals surface area contributed by atoms with Gasteiger partial charge in [0.2, 0.25) is 5.95 Å². The van der Waals surface area contributed by atoms with E-state index in [1.54, 1.807) is 78.1 Å². The summed E-state index contributed by atoms with van der Waals surface area (Å²) < 4.78 is 14.3. The number of nitrogens with zero attached hydrogens (tertiary/aromatic N) is 6. The summed E-state index contributed by atoms with van der Waals surface area (Å²) >= 11 is 3.55. The molecule has 0 N–H and O–H groups in total. The van der Waals surface area contributed by atoms with Crippen LogP contribution in [-0.4, -0.2) is 37.9 Å². The summed E-state index contributed by atoms with van der Waals surface area (Å²) in [6.45, 7) is 14.5. The number of rotatable bonds is 4. The van der Waals surface area contributed by atoms with Crippen molar-refractivity contribution in [3.8, 4) is 6.07 Å². The van der Waals surface area contributed by atoms with Crippen LogP contribution < -0.4 is 9.80 Å². The number of ether oxygens (including phenoxy) is 2. The number of fused-ring (bicyclic) bond motifs is 1. The van der Waals surface area contributed by atoms with Gasteiger partial charge in [0.15, 0.2) is 5.82 Å². The van der Waals surface area contributed by atoms with Crippen molar-refractivity contribution in [3.05, 3.63) is 69.8 Å². The molecule has 0 aliphatic rings. The Morgan fingerprint density at radius 3 is 1.93 bits per heavy atom. The van der Waals surface area contributed by atoms with Gasteiger partial charge in [-0.1, -0.05) is 15.9 Å². The van der Waals surface area contributed by atoms with E-state index in [9.17, 15) is 14.9 Å². The van der Waals surface area contributed by atoms with Gasteiger partial charge in [0.05, 0.1) is 28.5 Å². The van der Waals surface area contributed by atoms with Crippen molar-refractivity contribution in [3.63, 3.8) is 0 Å². The standard InChI is InChI=1S/C32H35BrN6O4/c1-19-16-22(33)17-20(2)25(19)39(30(41)43-32(6,7)8)27-26-24(14-15-37(26)9)35-28(36-27)38(29(40)42-31(3,4)5)23-12-10-21(18-34)11-13-23/h10-17H,1-9H3. The van der Waals surface area contributed by atoms with Crippen LogP contribution in [0.3, 0.4) is 0 Å². The number of benzene rings is 2. The second kappa shape index (κ2) is 11.7. The molecular weight excluding hydrogens is 612 g/mol. The van der Waals surface area contributed by atoms with Gasteiger partial charge in [0, 0.05) is 17.7 Å².